The van der Waals surface area contributed by atoms with Gasteiger partial charge in [-0.25, -0.2) is 8.78 Å². The third kappa shape index (κ3) is 1.81. The van der Waals surface area contributed by atoms with E-state index in [2.05, 4.69) is 4.98 Å². The second kappa shape index (κ2) is 5.15. The molecule has 2 aromatic carbocycles. The van der Waals surface area contributed by atoms with E-state index >= 15 is 0 Å². The summed E-state index contributed by atoms with van der Waals surface area (Å²) in [7, 11) is 0. The van der Waals surface area contributed by atoms with Gasteiger partial charge in [-0.2, -0.15) is 19.0 Å². The smallest absolute Gasteiger partial charge is 0.201 e. The number of benzene rings is 2. The van der Waals surface area contributed by atoms with E-state index in [4.69, 9.17) is 0 Å². The first kappa shape index (κ1) is 15.3. The molecule has 0 atom stereocenters. The largest absolute Gasteiger partial charge is 0.252 e. The lowest BCUT2D eigenvalue weighted by atomic mass is 9.73. The molecule has 1 heterocycles. The molecule has 1 aliphatic carbocycles. The number of fused-ring (bicyclic) bond motifs is 3. The van der Waals surface area contributed by atoms with Gasteiger partial charge in [0.15, 0.2) is 11.6 Å². The zero-order valence-corrected chi connectivity index (χ0v) is 12.5. The third-order valence-electron chi connectivity index (χ3n) is 4.49. The summed E-state index contributed by atoms with van der Waals surface area (Å²) in [5, 5.41) is 9.95. The number of nitrogens with zero attached hydrogens (tertiary/aromatic N) is 2. The highest BCUT2D eigenvalue weighted by Gasteiger charge is 2.49. The molecular formula is C19H8F4N2. The Labute approximate surface area is 140 Å². The molecule has 0 radical (unpaired) electrons. The molecule has 122 valence electrons. The Balaban J connectivity index is 2.23. The van der Waals surface area contributed by atoms with Crippen LogP contribution in [0.25, 0.3) is 11.1 Å². The van der Waals surface area contributed by atoms with Crippen molar-refractivity contribution in [3.05, 3.63) is 88.8 Å². The van der Waals surface area contributed by atoms with Gasteiger partial charge in [-0.3, -0.25) is 0 Å². The first-order chi connectivity index (χ1) is 12.0. The number of nitriles is 1. The Bertz CT molecular complexity index is 998. The predicted octanol–water partition coefficient (Wildman–Crippen LogP) is 4.48. The number of rotatable bonds is 1. The molecule has 0 spiro atoms. The monoisotopic (exact) mass is 340 g/mol. The molecule has 25 heavy (non-hydrogen) atoms. The second-order valence-corrected chi connectivity index (χ2v) is 5.65. The van der Waals surface area contributed by atoms with Gasteiger partial charge in [0.1, 0.15) is 5.41 Å². The van der Waals surface area contributed by atoms with Gasteiger partial charge in [0.05, 0.1) is 11.6 Å². The van der Waals surface area contributed by atoms with Crippen molar-refractivity contribution in [2.45, 2.75) is 5.41 Å². The van der Waals surface area contributed by atoms with E-state index < -0.39 is 34.5 Å². The van der Waals surface area contributed by atoms with Gasteiger partial charge in [-0.05, 0) is 22.3 Å². The summed E-state index contributed by atoms with van der Waals surface area (Å²) in [4.78, 5) is 2.59. The summed E-state index contributed by atoms with van der Waals surface area (Å²) >= 11 is 0. The highest BCUT2D eigenvalue weighted by molar-refractivity contribution is 5.85. The Hall–Kier alpha value is -3.20. The van der Waals surface area contributed by atoms with Crippen LogP contribution in [-0.2, 0) is 5.41 Å². The molecule has 1 aliphatic rings. The fraction of sp³-hybridized carbons (Fsp3) is 0.0526. The fourth-order valence-corrected chi connectivity index (χ4v) is 3.50. The lowest BCUT2D eigenvalue weighted by molar-refractivity contribution is 0.388. The van der Waals surface area contributed by atoms with E-state index in [-0.39, 0.29) is 11.1 Å². The van der Waals surface area contributed by atoms with Crippen molar-refractivity contribution in [3.8, 4) is 17.2 Å². The Morgan fingerprint density at radius 1 is 0.760 bits per heavy atom. The lowest BCUT2D eigenvalue weighted by Crippen LogP contribution is -2.29. The van der Waals surface area contributed by atoms with Crippen LogP contribution in [0.15, 0.2) is 48.5 Å². The number of pyridine rings is 1. The van der Waals surface area contributed by atoms with E-state index in [0.717, 1.165) is 0 Å². The third-order valence-corrected chi connectivity index (χ3v) is 4.49. The average molecular weight is 340 g/mol. The number of halogens is 4. The normalized spacial score (nSPS) is 13.9. The van der Waals surface area contributed by atoms with Crippen LogP contribution < -0.4 is 0 Å². The molecule has 0 fully saturated rings. The summed E-state index contributed by atoms with van der Waals surface area (Å²) in [5.74, 6) is -6.92. The molecule has 3 aromatic rings. The molecule has 1 aromatic heterocycles. The van der Waals surface area contributed by atoms with Crippen molar-refractivity contribution in [3.63, 3.8) is 0 Å². The molecule has 0 N–H and O–H groups in total. The lowest BCUT2D eigenvalue weighted by Gasteiger charge is -2.25. The fourth-order valence-electron chi connectivity index (χ4n) is 3.50. The quantitative estimate of drug-likeness (QED) is 0.484. The first-order valence-corrected chi connectivity index (χ1v) is 7.33. The van der Waals surface area contributed by atoms with E-state index in [0.29, 0.717) is 11.1 Å². The molecule has 0 saturated carbocycles. The summed E-state index contributed by atoms with van der Waals surface area (Å²) in [6.07, 6.45) is 0. The minimum atomic E-state index is -2.01. The van der Waals surface area contributed by atoms with Gasteiger partial charge in [-0.1, -0.05) is 48.5 Å². The first-order valence-electron chi connectivity index (χ1n) is 7.33. The van der Waals surface area contributed by atoms with Gasteiger partial charge in [-0.15, -0.1) is 0 Å². The minimum absolute atomic E-state index is 0.265. The number of hydrogen-bond donors (Lipinski definition) is 0. The number of aromatic nitrogens is 1. The molecule has 6 heteroatoms. The highest BCUT2D eigenvalue weighted by Crippen LogP contribution is 2.53. The van der Waals surface area contributed by atoms with Crippen LogP contribution in [0.3, 0.4) is 0 Å². The SMILES string of the molecule is N#CC1(c2c(F)c(F)nc(F)c2F)c2ccccc2-c2ccccc21. The van der Waals surface area contributed by atoms with Crippen molar-refractivity contribution in [2.24, 2.45) is 0 Å². The number of hydrogen-bond acceptors (Lipinski definition) is 2. The van der Waals surface area contributed by atoms with E-state index in [1.807, 2.05) is 6.07 Å². The maximum absolute atomic E-state index is 14.5. The Morgan fingerprint density at radius 3 is 1.64 bits per heavy atom. The van der Waals surface area contributed by atoms with Crippen molar-refractivity contribution in [1.82, 2.24) is 4.98 Å². The topological polar surface area (TPSA) is 36.7 Å². The zero-order chi connectivity index (χ0) is 17.8. The van der Waals surface area contributed by atoms with Crippen LogP contribution in [0.4, 0.5) is 17.6 Å². The molecular weight excluding hydrogens is 332 g/mol. The molecule has 4 rings (SSSR count). The average Bonchev–Trinajstić information content (AvgIpc) is 2.92. The van der Waals surface area contributed by atoms with Crippen molar-refractivity contribution in [1.29, 1.82) is 5.26 Å². The molecule has 0 bridgehead atoms. The van der Waals surface area contributed by atoms with Crippen LogP contribution in [0, 0.1) is 34.9 Å². The van der Waals surface area contributed by atoms with E-state index in [1.165, 1.54) is 12.1 Å². The summed E-state index contributed by atoms with van der Waals surface area (Å²) in [6, 6.07) is 14.9. The van der Waals surface area contributed by atoms with Crippen LogP contribution in [0.1, 0.15) is 16.7 Å². The molecule has 0 saturated heterocycles. The maximum atomic E-state index is 14.5. The maximum Gasteiger partial charge on any atom is 0.252 e. The van der Waals surface area contributed by atoms with Crippen LogP contribution in [0.5, 0.6) is 0 Å². The predicted molar refractivity (Wildman–Crippen MR) is 81.4 cm³/mol. The molecule has 0 amide bonds. The van der Waals surface area contributed by atoms with Crippen molar-refractivity contribution in [2.75, 3.05) is 0 Å². The molecule has 0 unspecified atom stereocenters. The van der Waals surface area contributed by atoms with Gasteiger partial charge in [0.25, 0.3) is 11.9 Å². The highest BCUT2D eigenvalue weighted by atomic mass is 19.2. The van der Waals surface area contributed by atoms with Gasteiger partial charge in [0, 0.05) is 0 Å². The second-order valence-electron chi connectivity index (χ2n) is 5.65. The summed E-state index contributed by atoms with van der Waals surface area (Å²) in [6.45, 7) is 0. The van der Waals surface area contributed by atoms with Crippen molar-refractivity contribution >= 4 is 0 Å². The summed E-state index contributed by atoms with van der Waals surface area (Å²) in [5.41, 5.74) is -1.31. The van der Waals surface area contributed by atoms with Gasteiger partial charge < -0.3 is 0 Å². The minimum Gasteiger partial charge on any atom is -0.201 e. The van der Waals surface area contributed by atoms with Crippen LogP contribution >= 0.6 is 0 Å². The summed E-state index contributed by atoms with van der Waals surface area (Å²) < 4.78 is 56.5. The Morgan fingerprint density at radius 2 is 1.20 bits per heavy atom. The van der Waals surface area contributed by atoms with E-state index in [9.17, 15) is 22.8 Å². The Kier molecular flexibility index (Phi) is 3.16. The van der Waals surface area contributed by atoms with Crippen molar-refractivity contribution < 1.29 is 17.6 Å². The van der Waals surface area contributed by atoms with Crippen LogP contribution in [-0.4, -0.2) is 4.98 Å². The van der Waals surface area contributed by atoms with E-state index in [1.54, 1.807) is 36.4 Å². The van der Waals surface area contributed by atoms with Gasteiger partial charge in [0.2, 0.25) is 0 Å². The molecule has 2 nitrogen and oxygen atoms in total. The van der Waals surface area contributed by atoms with Gasteiger partial charge >= 0.3 is 0 Å². The van der Waals surface area contributed by atoms with Crippen LogP contribution in [0.2, 0.25) is 0 Å². The zero-order valence-electron chi connectivity index (χ0n) is 12.5. The standard InChI is InChI=1S/C19H8F4N2/c20-15-14(16(21)18(23)25-17(15)22)19(9-24)12-7-3-1-5-10(12)11-6-2-4-8-13(11)19/h1-8H. The molecule has 0 aliphatic heterocycles.